The van der Waals surface area contributed by atoms with E-state index in [0.29, 0.717) is 5.41 Å². The summed E-state index contributed by atoms with van der Waals surface area (Å²) < 4.78 is 32.4. The van der Waals surface area contributed by atoms with Gasteiger partial charge in [-0.1, -0.05) is 12.1 Å². The molecule has 1 aromatic rings. The minimum absolute atomic E-state index is 0.187. The van der Waals surface area contributed by atoms with Gasteiger partial charge in [0.2, 0.25) is 0 Å². The van der Waals surface area contributed by atoms with Crippen molar-refractivity contribution >= 4 is 22.0 Å². The van der Waals surface area contributed by atoms with Gasteiger partial charge in [0.05, 0.1) is 10.3 Å². The molecule has 0 saturated carbocycles. The first-order valence-corrected chi connectivity index (χ1v) is 5.20. The Morgan fingerprint density at radius 1 is 1.40 bits per heavy atom. The average molecular weight is 231 g/mol. The van der Waals surface area contributed by atoms with Gasteiger partial charge in [-0.25, -0.2) is 0 Å². The largest absolute Gasteiger partial charge is 0.325 e. The number of nitro benzene ring substituents is 1. The second-order valence-electron chi connectivity index (χ2n) is 2.63. The summed E-state index contributed by atoms with van der Waals surface area (Å²) in [6, 6.07) is 5.19. The van der Waals surface area contributed by atoms with E-state index in [1.165, 1.54) is 18.2 Å². The fourth-order valence-electron chi connectivity index (χ4n) is 0.902. The van der Waals surface area contributed by atoms with Crippen molar-refractivity contribution in [3.05, 3.63) is 45.4 Å². The molecular formula is C8H6FNO4S. The van der Waals surface area contributed by atoms with Gasteiger partial charge in [0.25, 0.3) is 5.69 Å². The first kappa shape index (κ1) is 11.3. The van der Waals surface area contributed by atoms with Crippen LogP contribution < -0.4 is 0 Å². The maximum absolute atomic E-state index is 12.1. The van der Waals surface area contributed by atoms with E-state index in [2.05, 4.69) is 0 Å². The number of nitrogens with zero attached hydrogens (tertiary/aromatic N) is 1. The van der Waals surface area contributed by atoms with E-state index in [9.17, 15) is 22.4 Å². The zero-order valence-electron chi connectivity index (χ0n) is 7.33. The standard InChI is InChI=1S/C8H6FNO4S/c9-15(13,14)5-4-7-2-1-3-8(6-7)10(11)12/h1-6H. The van der Waals surface area contributed by atoms with Gasteiger partial charge in [-0.3, -0.25) is 10.1 Å². The van der Waals surface area contributed by atoms with Gasteiger partial charge in [-0.05, 0) is 11.6 Å². The molecule has 0 aliphatic rings. The Labute approximate surface area is 85.2 Å². The first-order chi connectivity index (χ1) is 6.88. The monoisotopic (exact) mass is 231 g/mol. The van der Waals surface area contributed by atoms with E-state index < -0.39 is 15.1 Å². The van der Waals surface area contributed by atoms with Crippen LogP contribution in [0, 0.1) is 10.1 Å². The molecule has 0 N–H and O–H groups in total. The van der Waals surface area contributed by atoms with Crippen molar-refractivity contribution in [2.75, 3.05) is 0 Å². The van der Waals surface area contributed by atoms with Gasteiger partial charge in [0.1, 0.15) is 0 Å². The van der Waals surface area contributed by atoms with Crippen molar-refractivity contribution in [1.82, 2.24) is 0 Å². The normalized spacial score (nSPS) is 11.8. The molecule has 0 radical (unpaired) electrons. The third kappa shape index (κ3) is 3.86. The van der Waals surface area contributed by atoms with Crippen LogP contribution in [0.5, 0.6) is 0 Å². The van der Waals surface area contributed by atoms with Gasteiger partial charge in [-0.2, -0.15) is 8.42 Å². The van der Waals surface area contributed by atoms with Crippen LogP contribution >= 0.6 is 0 Å². The Bertz CT molecular complexity index is 509. The van der Waals surface area contributed by atoms with Crippen LogP contribution in [0.25, 0.3) is 6.08 Å². The van der Waals surface area contributed by atoms with Gasteiger partial charge >= 0.3 is 10.2 Å². The van der Waals surface area contributed by atoms with Crippen molar-refractivity contribution in [2.45, 2.75) is 0 Å². The van der Waals surface area contributed by atoms with Gasteiger partial charge in [-0.15, -0.1) is 3.89 Å². The molecule has 0 aliphatic heterocycles. The number of hydrogen-bond donors (Lipinski definition) is 0. The van der Waals surface area contributed by atoms with E-state index in [-0.39, 0.29) is 11.3 Å². The van der Waals surface area contributed by atoms with E-state index in [4.69, 9.17) is 0 Å². The summed E-state index contributed by atoms with van der Waals surface area (Å²) in [6.45, 7) is 0. The molecule has 0 spiro atoms. The Morgan fingerprint density at radius 2 is 2.07 bits per heavy atom. The van der Waals surface area contributed by atoms with Crippen LogP contribution in [0.3, 0.4) is 0 Å². The van der Waals surface area contributed by atoms with Crippen molar-refractivity contribution in [1.29, 1.82) is 0 Å². The molecular weight excluding hydrogens is 225 g/mol. The Morgan fingerprint density at radius 3 is 2.60 bits per heavy atom. The summed E-state index contributed by atoms with van der Waals surface area (Å²) in [5.74, 6) is 0. The summed E-state index contributed by atoms with van der Waals surface area (Å²) in [7, 11) is -4.71. The van der Waals surface area contributed by atoms with Crippen LogP contribution in [-0.4, -0.2) is 13.3 Å². The summed E-state index contributed by atoms with van der Waals surface area (Å²) >= 11 is 0. The highest BCUT2D eigenvalue weighted by molar-refractivity contribution is 7.89. The Balaban J connectivity index is 3.02. The predicted molar refractivity (Wildman–Crippen MR) is 52.2 cm³/mol. The number of nitro groups is 1. The molecule has 0 heterocycles. The molecule has 0 aliphatic carbocycles. The zero-order valence-corrected chi connectivity index (χ0v) is 8.15. The first-order valence-electron chi connectivity index (χ1n) is 3.76. The lowest BCUT2D eigenvalue weighted by Crippen LogP contribution is -1.87. The molecule has 0 fully saturated rings. The lowest BCUT2D eigenvalue weighted by Gasteiger charge is -1.93. The van der Waals surface area contributed by atoms with E-state index >= 15 is 0 Å². The van der Waals surface area contributed by atoms with E-state index in [1.54, 1.807) is 0 Å². The highest BCUT2D eigenvalue weighted by Gasteiger charge is 2.04. The number of benzene rings is 1. The molecule has 15 heavy (non-hydrogen) atoms. The Hall–Kier alpha value is -1.76. The van der Waals surface area contributed by atoms with Crippen LogP contribution in [0.15, 0.2) is 29.7 Å². The van der Waals surface area contributed by atoms with Crippen molar-refractivity contribution in [3.63, 3.8) is 0 Å². The zero-order chi connectivity index (χ0) is 11.5. The van der Waals surface area contributed by atoms with Crippen molar-refractivity contribution in [3.8, 4) is 0 Å². The minimum atomic E-state index is -4.71. The lowest BCUT2D eigenvalue weighted by molar-refractivity contribution is -0.384. The van der Waals surface area contributed by atoms with Crippen LogP contribution in [0.2, 0.25) is 0 Å². The third-order valence-corrected chi connectivity index (χ3v) is 1.97. The molecule has 80 valence electrons. The fraction of sp³-hybridized carbons (Fsp3) is 0. The molecule has 1 aromatic carbocycles. The maximum atomic E-state index is 12.1. The van der Waals surface area contributed by atoms with E-state index in [1.807, 2.05) is 0 Å². The third-order valence-electron chi connectivity index (χ3n) is 1.50. The molecule has 0 atom stereocenters. The summed E-state index contributed by atoms with van der Waals surface area (Å²) in [5.41, 5.74) is 0.0545. The summed E-state index contributed by atoms with van der Waals surface area (Å²) in [6.07, 6.45) is 0.947. The van der Waals surface area contributed by atoms with E-state index in [0.717, 1.165) is 12.1 Å². The molecule has 0 amide bonds. The van der Waals surface area contributed by atoms with Crippen LogP contribution in [0.1, 0.15) is 5.56 Å². The number of halogens is 1. The molecule has 1 rings (SSSR count). The van der Waals surface area contributed by atoms with Crippen molar-refractivity contribution in [2.24, 2.45) is 0 Å². The predicted octanol–water partition coefficient (Wildman–Crippen LogP) is 1.86. The molecule has 0 bridgehead atoms. The van der Waals surface area contributed by atoms with Gasteiger partial charge in [0, 0.05) is 12.1 Å². The van der Waals surface area contributed by atoms with Crippen LogP contribution in [0.4, 0.5) is 9.57 Å². The van der Waals surface area contributed by atoms with Crippen molar-refractivity contribution < 1.29 is 17.2 Å². The quantitative estimate of drug-likeness (QED) is 0.452. The second-order valence-corrected chi connectivity index (χ2v) is 3.85. The number of hydrogen-bond acceptors (Lipinski definition) is 4. The maximum Gasteiger partial charge on any atom is 0.325 e. The summed E-state index contributed by atoms with van der Waals surface area (Å²) in [4.78, 5) is 9.72. The van der Waals surface area contributed by atoms with Gasteiger partial charge < -0.3 is 0 Å². The SMILES string of the molecule is O=[N+]([O-])c1cccc(C=CS(=O)(=O)F)c1. The number of non-ortho nitro benzene ring substituents is 1. The molecule has 7 heteroatoms. The topological polar surface area (TPSA) is 77.3 Å². The fourth-order valence-corrected chi connectivity index (χ4v) is 1.22. The minimum Gasteiger partial charge on any atom is -0.258 e. The highest BCUT2D eigenvalue weighted by Crippen LogP contribution is 2.14. The molecule has 5 nitrogen and oxygen atoms in total. The summed E-state index contributed by atoms with van der Waals surface area (Å²) in [5, 5.41) is 10.7. The lowest BCUT2D eigenvalue weighted by atomic mass is 10.2. The average Bonchev–Trinajstić information content (AvgIpc) is 2.14. The smallest absolute Gasteiger partial charge is 0.258 e. The molecule has 0 unspecified atom stereocenters. The molecule has 0 saturated heterocycles. The molecule has 0 aromatic heterocycles. The second kappa shape index (κ2) is 4.18. The van der Waals surface area contributed by atoms with Gasteiger partial charge in [0.15, 0.2) is 0 Å². The highest BCUT2D eigenvalue weighted by atomic mass is 32.3. The Kier molecular flexibility index (Phi) is 3.15. The number of rotatable bonds is 3. The van der Waals surface area contributed by atoms with Crippen LogP contribution in [-0.2, 0) is 10.2 Å².